The summed E-state index contributed by atoms with van der Waals surface area (Å²) in [5.41, 5.74) is 0.989. The van der Waals surface area contributed by atoms with E-state index in [2.05, 4.69) is 4.72 Å². The van der Waals surface area contributed by atoms with Crippen LogP contribution in [0.3, 0.4) is 0 Å². The minimum absolute atomic E-state index is 0.0390. The van der Waals surface area contributed by atoms with Gasteiger partial charge in [-0.3, -0.25) is 19.2 Å². The molecule has 8 heteroatoms. The van der Waals surface area contributed by atoms with Crippen molar-refractivity contribution >= 4 is 27.5 Å². The average Bonchev–Trinajstić information content (AvgIpc) is 2.99. The number of amides is 2. The molecule has 4 rings (SSSR count). The standard InChI is InChI=1S/C22H24N2O5S/c1-29-19-12-11-15(13-20(19)30(27,28)23-16-7-3-2-4-8-16)14-24-21(25)17-9-5-6-10-18(17)22(24)26/h2-4,7-8,11-13,17-18,23H,5-6,9-10,14H2,1H3/t17-,18+. The molecule has 2 aliphatic rings. The van der Waals surface area contributed by atoms with Crippen LogP contribution in [0, 0.1) is 11.8 Å². The molecule has 0 unspecified atom stereocenters. The number of anilines is 1. The summed E-state index contributed by atoms with van der Waals surface area (Å²) in [5, 5.41) is 0. The number of rotatable bonds is 6. The van der Waals surface area contributed by atoms with Crippen molar-refractivity contribution in [1.29, 1.82) is 0 Å². The first-order chi connectivity index (χ1) is 14.4. The topological polar surface area (TPSA) is 92.8 Å². The molecule has 1 saturated heterocycles. The number of ether oxygens (including phenoxy) is 1. The van der Waals surface area contributed by atoms with Gasteiger partial charge in [-0.05, 0) is 42.7 Å². The zero-order chi connectivity index (χ0) is 21.3. The van der Waals surface area contributed by atoms with Crippen LogP contribution in [-0.2, 0) is 26.2 Å². The summed E-state index contributed by atoms with van der Waals surface area (Å²) in [4.78, 5) is 26.7. The van der Waals surface area contributed by atoms with Gasteiger partial charge in [0.2, 0.25) is 11.8 Å². The van der Waals surface area contributed by atoms with Crippen LogP contribution in [-0.4, -0.2) is 32.2 Å². The molecule has 7 nitrogen and oxygen atoms in total. The number of hydrogen-bond acceptors (Lipinski definition) is 5. The van der Waals surface area contributed by atoms with E-state index in [9.17, 15) is 18.0 Å². The van der Waals surface area contributed by atoms with E-state index in [0.29, 0.717) is 11.3 Å². The van der Waals surface area contributed by atoms with Gasteiger partial charge in [0.15, 0.2) is 0 Å². The lowest BCUT2D eigenvalue weighted by Crippen LogP contribution is -2.30. The second-order valence-corrected chi connectivity index (χ2v) is 9.37. The first kappa shape index (κ1) is 20.4. The SMILES string of the molecule is COc1ccc(CN2C(=O)[C@H]3CCCC[C@H]3C2=O)cc1S(=O)(=O)Nc1ccccc1. The number of nitrogens with zero attached hydrogens (tertiary/aromatic N) is 1. The molecule has 1 saturated carbocycles. The molecule has 2 fully saturated rings. The summed E-state index contributed by atoms with van der Waals surface area (Å²) in [6.07, 6.45) is 3.41. The predicted molar refractivity (Wildman–Crippen MR) is 111 cm³/mol. The number of methoxy groups -OCH3 is 1. The molecule has 0 radical (unpaired) electrons. The van der Waals surface area contributed by atoms with Crippen molar-refractivity contribution in [2.75, 3.05) is 11.8 Å². The minimum Gasteiger partial charge on any atom is -0.495 e. The molecule has 2 aromatic rings. The van der Waals surface area contributed by atoms with Gasteiger partial charge in [0, 0.05) is 5.69 Å². The fraction of sp³-hybridized carbons (Fsp3) is 0.364. The molecule has 2 amide bonds. The van der Waals surface area contributed by atoms with Gasteiger partial charge in [-0.15, -0.1) is 0 Å². The van der Waals surface area contributed by atoms with Crippen molar-refractivity contribution in [2.45, 2.75) is 37.1 Å². The number of fused-ring (bicyclic) bond motifs is 1. The highest BCUT2D eigenvalue weighted by Crippen LogP contribution is 2.39. The first-order valence-electron chi connectivity index (χ1n) is 10.0. The molecule has 2 atom stereocenters. The highest BCUT2D eigenvalue weighted by molar-refractivity contribution is 7.92. The molecule has 1 N–H and O–H groups in total. The third-order valence-electron chi connectivity index (χ3n) is 5.82. The third-order valence-corrected chi connectivity index (χ3v) is 7.22. The van der Waals surface area contributed by atoms with E-state index >= 15 is 0 Å². The van der Waals surface area contributed by atoms with Crippen LogP contribution in [0.15, 0.2) is 53.4 Å². The molecule has 0 aromatic heterocycles. The van der Waals surface area contributed by atoms with Crippen molar-refractivity contribution in [3.8, 4) is 5.75 Å². The zero-order valence-corrected chi connectivity index (χ0v) is 17.5. The molecular weight excluding hydrogens is 404 g/mol. The van der Waals surface area contributed by atoms with Gasteiger partial charge in [0.25, 0.3) is 10.0 Å². The average molecular weight is 429 g/mol. The Labute approximate surface area is 176 Å². The molecule has 0 bridgehead atoms. The van der Waals surface area contributed by atoms with E-state index < -0.39 is 10.0 Å². The number of para-hydroxylation sites is 1. The van der Waals surface area contributed by atoms with Crippen LogP contribution >= 0.6 is 0 Å². The van der Waals surface area contributed by atoms with Crippen LogP contribution in [0.5, 0.6) is 5.75 Å². The summed E-state index contributed by atoms with van der Waals surface area (Å²) in [7, 11) is -2.53. The number of hydrogen-bond donors (Lipinski definition) is 1. The highest BCUT2D eigenvalue weighted by atomic mass is 32.2. The van der Waals surface area contributed by atoms with Gasteiger partial charge >= 0.3 is 0 Å². The number of carbonyl (C=O) groups is 2. The smallest absolute Gasteiger partial charge is 0.265 e. The Morgan fingerprint density at radius 1 is 1.00 bits per heavy atom. The fourth-order valence-corrected chi connectivity index (χ4v) is 5.59. The van der Waals surface area contributed by atoms with Gasteiger partial charge in [0.05, 0.1) is 25.5 Å². The minimum atomic E-state index is -3.92. The number of sulfonamides is 1. The summed E-state index contributed by atoms with van der Waals surface area (Å²) in [6, 6.07) is 13.3. The van der Waals surface area contributed by atoms with Crippen molar-refractivity contribution in [3.63, 3.8) is 0 Å². The molecule has 2 aromatic carbocycles. The molecule has 0 spiro atoms. The Bertz CT molecular complexity index is 1040. The van der Waals surface area contributed by atoms with Crippen molar-refractivity contribution in [2.24, 2.45) is 11.8 Å². The van der Waals surface area contributed by atoms with Gasteiger partial charge in [-0.2, -0.15) is 0 Å². The summed E-state index contributed by atoms with van der Waals surface area (Å²) in [5.74, 6) is -0.561. The van der Waals surface area contributed by atoms with Crippen molar-refractivity contribution in [1.82, 2.24) is 4.90 Å². The normalized spacial score (nSPS) is 21.4. The van der Waals surface area contributed by atoms with E-state index in [-0.39, 0.29) is 40.8 Å². The number of benzene rings is 2. The maximum Gasteiger partial charge on any atom is 0.265 e. The molecule has 1 aliphatic heterocycles. The van der Waals surface area contributed by atoms with E-state index in [1.165, 1.54) is 18.1 Å². The lowest BCUT2D eigenvalue weighted by Gasteiger charge is -2.19. The number of carbonyl (C=O) groups excluding carboxylic acids is 2. The maximum atomic E-state index is 13.0. The van der Waals surface area contributed by atoms with Crippen LogP contribution < -0.4 is 9.46 Å². The largest absolute Gasteiger partial charge is 0.495 e. The lowest BCUT2D eigenvalue weighted by atomic mass is 9.81. The molecule has 30 heavy (non-hydrogen) atoms. The Morgan fingerprint density at radius 3 is 2.23 bits per heavy atom. The van der Waals surface area contributed by atoms with Crippen LogP contribution in [0.4, 0.5) is 5.69 Å². The van der Waals surface area contributed by atoms with Crippen LogP contribution in [0.25, 0.3) is 0 Å². The summed E-state index contributed by atoms with van der Waals surface area (Å²) >= 11 is 0. The predicted octanol–water partition coefficient (Wildman–Crippen LogP) is 3.17. The van der Waals surface area contributed by atoms with E-state index in [1.54, 1.807) is 42.5 Å². The monoisotopic (exact) mass is 428 g/mol. The van der Waals surface area contributed by atoms with Gasteiger partial charge in [-0.1, -0.05) is 37.1 Å². The first-order valence-corrected chi connectivity index (χ1v) is 11.5. The fourth-order valence-electron chi connectivity index (χ4n) is 4.32. The van der Waals surface area contributed by atoms with E-state index in [4.69, 9.17) is 4.74 Å². The summed E-state index contributed by atoms with van der Waals surface area (Å²) in [6.45, 7) is 0.0581. The second kappa shape index (κ2) is 8.10. The molecular formula is C22H24N2O5S. The van der Waals surface area contributed by atoms with E-state index in [0.717, 1.165) is 25.7 Å². The molecule has 158 valence electrons. The van der Waals surface area contributed by atoms with Crippen molar-refractivity contribution < 1.29 is 22.7 Å². The van der Waals surface area contributed by atoms with Crippen LogP contribution in [0.2, 0.25) is 0 Å². The van der Waals surface area contributed by atoms with Crippen LogP contribution in [0.1, 0.15) is 31.2 Å². The molecule has 1 heterocycles. The lowest BCUT2D eigenvalue weighted by molar-refractivity contribution is -0.140. The molecule has 1 aliphatic carbocycles. The number of nitrogens with one attached hydrogen (secondary N) is 1. The van der Waals surface area contributed by atoms with Crippen molar-refractivity contribution in [3.05, 3.63) is 54.1 Å². The van der Waals surface area contributed by atoms with E-state index in [1.807, 2.05) is 0 Å². The van der Waals surface area contributed by atoms with Gasteiger partial charge in [-0.25, -0.2) is 8.42 Å². The Balaban J connectivity index is 1.61. The Hall–Kier alpha value is -2.87. The maximum absolute atomic E-state index is 13.0. The van der Waals surface area contributed by atoms with Gasteiger partial charge < -0.3 is 4.74 Å². The Kier molecular flexibility index (Phi) is 5.51. The second-order valence-electron chi connectivity index (χ2n) is 7.72. The third kappa shape index (κ3) is 3.79. The summed E-state index contributed by atoms with van der Waals surface area (Å²) < 4.78 is 33.7. The highest BCUT2D eigenvalue weighted by Gasteiger charge is 2.47. The Morgan fingerprint density at radius 2 is 1.63 bits per heavy atom. The number of imide groups is 1. The number of likely N-dealkylation sites (tertiary alicyclic amines) is 1. The zero-order valence-electron chi connectivity index (χ0n) is 16.7. The quantitative estimate of drug-likeness (QED) is 0.714. The van der Waals surface area contributed by atoms with Gasteiger partial charge in [0.1, 0.15) is 10.6 Å².